The van der Waals surface area contributed by atoms with Crippen LogP contribution in [-0.2, 0) is 0 Å². The Balaban J connectivity index is 2.23. The van der Waals surface area contributed by atoms with Crippen LogP contribution in [-0.4, -0.2) is 4.98 Å². The lowest BCUT2D eigenvalue weighted by Gasteiger charge is -2.11. The Labute approximate surface area is 103 Å². The number of H-pyrrole nitrogens is 1. The molecular formula is C14H13F2NO. The van der Waals surface area contributed by atoms with E-state index in [9.17, 15) is 13.6 Å². The molecule has 1 aliphatic carbocycles. The summed E-state index contributed by atoms with van der Waals surface area (Å²) >= 11 is 0. The molecule has 18 heavy (non-hydrogen) atoms. The van der Waals surface area contributed by atoms with Crippen molar-refractivity contribution in [1.29, 1.82) is 0 Å². The number of aromatic nitrogens is 1. The molecule has 0 spiro atoms. The second-order valence-electron chi connectivity index (χ2n) is 4.88. The van der Waals surface area contributed by atoms with Crippen molar-refractivity contribution in [3.05, 3.63) is 45.8 Å². The fourth-order valence-electron chi connectivity index (χ4n) is 2.75. The van der Waals surface area contributed by atoms with Crippen molar-refractivity contribution < 1.29 is 8.78 Å². The van der Waals surface area contributed by atoms with Crippen LogP contribution >= 0.6 is 0 Å². The summed E-state index contributed by atoms with van der Waals surface area (Å²) in [5.41, 5.74) is 0.574. The minimum atomic E-state index is -0.723. The third-order valence-corrected chi connectivity index (χ3v) is 3.67. The van der Waals surface area contributed by atoms with Gasteiger partial charge in [-0.3, -0.25) is 4.79 Å². The Kier molecular flexibility index (Phi) is 2.65. The number of rotatable bonds is 1. The molecule has 0 aliphatic heterocycles. The summed E-state index contributed by atoms with van der Waals surface area (Å²) in [5.74, 6) is -1.13. The Hall–Kier alpha value is -1.71. The maximum atomic E-state index is 13.7. The maximum absolute atomic E-state index is 13.7. The summed E-state index contributed by atoms with van der Waals surface area (Å²) in [6, 6.07) is 3.36. The van der Waals surface area contributed by atoms with Gasteiger partial charge in [-0.25, -0.2) is 8.78 Å². The first-order chi connectivity index (χ1) is 8.65. The largest absolute Gasteiger partial charge is 0.356 e. The number of aromatic amines is 1. The molecule has 0 radical (unpaired) electrons. The van der Waals surface area contributed by atoms with Crippen LogP contribution in [0, 0.1) is 11.6 Å². The van der Waals surface area contributed by atoms with Gasteiger partial charge in [0.1, 0.15) is 11.6 Å². The van der Waals surface area contributed by atoms with Gasteiger partial charge < -0.3 is 4.98 Å². The van der Waals surface area contributed by atoms with Crippen LogP contribution in [0.2, 0.25) is 0 Å². The molecule has 0 unspecified atom stereocenters. The molecule has 0 atom stereocenters. The van der Waals surface area contributed by atoms with E-state index in [0.717, 1.165) is 43.5 Å². The van der Waals surface area contributed by atoms with E-state index in [1.807, 2.05) is 0 Å². The molecule has 3 rings (SSSR count). The van der Waals surface area contributed by atoms with E-state index in [2.05, 4.69) is 4.98 Å². The number of halogens is 2. The second kappa shape index (κ2) is 4.19. The van der Waals surface area contributed by atoms with Gasteiger partial charge in [0.2, 0.25) is 0 Å². The Morgan fingerprint density at radius 2 is 1.83 bits per heavy atom. The van der Waals surface area contributed by atoms with E-state index < -0.39 is 11.6 Å². The number of pyridine rings is 1. The molecule has 4 heteroatoms. The summed E-state index contributed by atoms with van der Waals surface area (Å²) < 4.78 is 26.8. The van der Waals surface area contributed by atoms with Gasteiger partial charge in [0, 0.05) is 17.8 Å². The lowest BCUT2D eigenvalue weighted by Crippen LogP contribution is -2.09. The fraction of sp³-hybridized carbons (Fsp3) is 0.357. The van der Waals surface area contributed by atoms with Gasteiger partial charge in [0.25, 0.3) is 0 Å². The van der Waals surface area contributed by atoms with Gasteiger partial charge >= 0.3 is 0 Å². The van der Waals surface area contributed by atoms with Gasteiger partial charge in [0.15, 0.2) is 5.43 Å². The van der Waals surface area contributed by atoms with Crippen molar-refractivity contribution in [1.82, 2.24) is 4.98 Å². The van der Waals surface area contributed by atoms with Crippen molar-refractivity contribution in [3.63, 3.8) is 0 Å². The highest BCUT2D eigenvalue weighted by atomic mass is 19.1. The third kappa shape index (κ3) is 1.82. The molecule has 1 N–H and O–H groups in total. The number of hydrogen-bond acceptors (Lipinski definition) is 1. The van der Waals surface area contributed by atoms with Crippen LogP contribution in [0.3, 0.4) is 0 Å². The van der Waals surface area contributed by atoms with Crippen LogP contribution in [0.5, 0.6) is 0 Å². The molecule has 1 aromatic heterocycles. The zero-order valence-electron chi connectivity index (χ0n) is 9.80. The second-order valence-corrected chi connectivity index (χ2v) is 4.88. The molecule has 2 aromatic rings. The van der Waals surface area contributed by atoms with E-state index >= 15 is 0 Å². The Morgan fingerprint density at radius 1 is 1.11 bits per heavy atom. The predicted molar refractivity (Wildman–Crippen MR) is 65.7 cm³/mol. The first kappa shape index (κ1) is 11.4. The minimum absolute atomic E-state index is 0.0780. The fourth-order valence-corrected chi connectivity index (χ4v) is 2.75. The average molecular weight is 249 g/mol. The predicted octanol–water partition coefficient (Wildman–Crippen LogP) is 3.46. The number of nitrogens with one attached hydrogen (secondary N) is 1. The van der Waals surface area contributed by atoms with Crippen molar-refractivity contribution in [2.24, 2.45) is 0 Å². The van der Waals surface area contributed by atoms with Crippen molar-refractivity contribution in [2.45, 2.75) is 31.6 Å². The highest BCUT2D eigenvalue weighted by Crippen LogP contribution is 2.33. The van der Waals surface area contributed by atoms with Crippen LogP contribution < -0.4 is 5.43 Å². The molecule has 1 heterocycles. The summed E-state index contributed by atoms with van der Waals surface area (Å²) in [6.45, 7) is 0. The van der Waals surface area contributed by atoms with E-state index in [1.54, 1.807) is 0 Å². The number of hydrogen-bond donors (Lipinski definition) is 1. The van der Waals surface area contributed by atoms with Gasteiger partial charge in [-0.15, -0.1) is 0 Å². The normalized spacial score (nSPS) is 16.6. The van der Waals surface area contributed by atoms with Crippen LogP contribution in [0.15, 0.2) is 23.0 Å². The zero-order chi connectivity index (χ0) is 12.7. The summed E-state index contributed by atoms with van der Waals surface area (Å²) in [4.78, 5) is 14.9. The van der Waals surface area contributed by atoms with Crippen molar-refractivity contribution in [3.8, 4) is 0 Å². The molecular weight excluding hydrogens is 236 g/mol. The van der Waals surface area contributed by atoms with Crippen molar-refractivity contribution >= 4 is 10.9 Å². The molecule has 1 aliphatic rings. The minimum Gasteiger partial charge on any atom is -0.356 e. The highest BCUT2D eigenvalue weighted by Gasteiger charge is 2.19. The molecule has 1 saturated carbocycles. The van der Waals surface area contributed by atoms with Crippen LogP contribution in [0.1, 0.15) is 37.3 Å². The van der Waals surface area contributed by atoms with E-state index in [0.29, 0.717) is 5.92 Å². The Morgan fingerprint density at radius 3 is 2.56 bits per heavy atom. The Bertz CT molecular complexity index is 657. The molecule has 1 fully saturated rings. The van der Waals surface area contributed by atoms with Crippen LogP contribution in [0.4, 0.5) is 8.78 Å². The van der Waals surface area contributed by atoms with E-state index in [4.69, 9.17) is 0 Å². The molecule has 2 nitrogen and oxygen atoms in total. The van der Waals surface area contributed by atoms with Gasteiger partial charge in [-0.05, 0) is 24.8 Å². The lowest BCUT2D eigenvalue weighted by atomic mass is 10.0. The highest BCUT2D eigenvalue weighted by molar-refractivity contribution is 5.79. The topological polar surface area (TPSA) is 32.9 Å². The SMILES string of the molecule is O=c1cc(C2CCCC2)[nH]c2c(F)cc(F)cc12. The number of benzene rings is 1. The molecule has 94 valence electrons. The first-order valence-corrected chi connectivity index (χ1v) is 6.17. The smallest absolute Gasteiger partial charge is 0.189 e. The van der Waals surface area contributed by atoms with Gasteiger partial charge in [0.05, 0.1) is 10.9 Å². The summed E-state index contributed by atoms with van der Waals surface area (Å²) in [5, 5.41) is 0.0780. The van der Waals surface area contributed by atoms with Gasteiger partial charge in [-0.1, -0.05) is 12.8 Å². The molecule has 0 bridgehead atoms. The third-order valence-electron chi connectivity index (χ3n) is 3.67. The quantitative estimate of drug-likeness (QED) is 0.824. The van der Waals surface area contributed by atoms with E-state index in [-0.39, 0.29) is 16.3 Å². The van der Waals surface area contributed by atoms with E-state index in [1.165, 1.54) is 6.07 Å². The molecule has 0 amide bonds. The first-order valence-electron chi connectivity index (χ1n) is 6.17. The summed E-state index contributed by atoms with van der Waals surface area (Å²) in [6.07, 6.45) is 4.31. The maximum Gasteiger partial charge on any atom is 0.189 e. The zero-order valence-corrected chi connectivity index (χ0v) is 9.80. The molecule has 1 aromatic carbocycles. The van der Waals surface area contributed by atoms with Crippen LogP contribution in [0.25, 0.3) is 10.9 Å². The summed E-state index contributed by atoms with van der Waals surface area (Å²) in [7, 11) is 0. The number of fused-ring (bicyclic) bond motifs is 1. The van der Waals surface area contributed by atoms with Gasteiger partial charge in [-0.2, -0.15) is 0 Å². The monoisotopic (exact) mass is 249 g/mol. The lowest BCUT2D eigenvalue weighted by molar-refractivity contribution is 0.589. The molecule has 0 saturated heterocycles. The van der Waals surface area contributed by atoms with Crippen molar-refractivity contribution in [2.75, 3.05) is 0 Å². The average Bonchev–Trinajstić information content (AvgIpc) is 2.83. The standard InChI is InChI=1S/C14H13F2NO/c15-9-5-10-13(18)7-12(8-3-1-2-4-8)17-14(10)11(16)6-9/h5-8H,1-4H2,(H,17,18).